The number of benzene rings is 2. The summed E-state index contributed by atoms with van der Waals surface area (Å²) in [6.45, 7) is 4.34. The Hall–Kier alpha value is -3.05. The normalized spacial score (nSPS) is 15.7. The van der Waals surface area contributed by atoms with Gasteiger partial charge in [-0.05, 0) is 56.3 Å². The van der Waals surface area contributed by atoms with Gasteiger partial charge in [0.25, 0.3) is 0 Å². The topological polar surface area (TPSA) is 133 Å². The van der Waals surface area contributed by atoms with E-state index in [4.69, 9.17) is 32.5 Å². The van der Waals surface area contributed by atoms with Crippen LogP contribution >= 0.6 is 11.6 Å². The third-order valence-corrected chi connectivity index (χ3v) is 5.62. The lowest BCUT2D eigenvalue weighted by Gasteiger charge is -2.38. The van der Waals surface area contributed by atoms with Gasteiger partial charge >= 0.3 is 10.2 Å². The molecule has 0 unspecified atom stereocenters. The lowest BCUT2D eigenvalue weighted by atomic mass is 10.1. The Morgan fingerprint density at radius 3 is 2.34 bits per heavy atom. The van der Waals surface area contributed by atoms with Crippen LogP contribution in [0.5, 0.6) is 11.5 Å². The summed E-state index contributed by atoms with van der Waals surface area (Å²) in [6, 6.07) is 10.3. The average Bonchev–Trinajstić information content (AvgIpc) is 2.67. The fraction of sp³-hybridized carbons (Fsp3) is 0.300. The number of nitrogens with zero attached hydrogens (tertiary/aromatic N) is 3. The van der Waals surface area contributed by atoms with Gasteiger partial charge in [0.05, 0.1) is 23.1 Å². The highest BCUT2D eigenvalue weighted by atomic mass is 35.5. The minimum absolute atomic E-state index is 0.111. The molecule has 1 aliphatic rings. The van der Waals surface area contributed by atoms with E-state index in [1.165, 1.54) is 12.1 Å². The molecular weight excluding hydrogens is 461 g/mol. The minimum atomic E-state index is -4.72. The van der Waals surface area contributed by atoms with Crippen molar-refractivity contribution in [3.05, 3.63) is 47.5 Å². The van der Waals surface area contributed by atoms with Crippen molar-refractivity contribution in [2.45, 2.75) is 30.8 Å². The second kappa shape index (κ2) is 9.21. The molecule has 0 atom stereocenters. The van der Waals surface area contributed by atoms with Gasteiger partial charge in [-0.2, -0.15) is 13.4 Å². The van der Waals surface area contributed by atoms with Crippen LogP contribution in [0.3, 0.4) is 0 Å². The molecule has 0 saturated heterocycles. The Morgan fingerprint density at radius 2 is 1.75 bits per heavy atom. The molecule has 0 fully saturated rings. The van der Waals surface area contributed by atoms with E-state index in [-0.39, 0.29) is 11.9 Å². The highest BCUT2D eigenvalue weighted by molar-refractivity contribution is 7.86. The van der Waals surface area contributed by atoms with E-state index < -0.39 is 20.8 Å². The first-order chi connectivity index (χ1) is 15.0. The van der Waals surface area contributed by atoms with Gasteiger partial charge in [-0.25, -0.2) is 4.99 Å². The molecule has 0 aromatic heterocycles. The predicted octanol–water partition coefficient (Wildman–Crippen LogP) is 3.03. The Morgan fingerprint density at radius 1 is 1.09 bits per heavy atom. The maximum atomic E-state index is 12.9. The van der Waals surface area contributed by atoms with Crippen LogP contribution in [0.25, 0.3) is 0 Å². The summed E-state index contributed by atoms with van der Waals surface area (Å²) in [5.41, 5.74) is 11.7. The van der Waals surface area contributed by atoms with Crippen molar-refractivity contribution in [3.8, 4) is 11.5 Å². The van der Waals surface area contributed by atoms with E-state index in [0.29, 0.717) is 41.8 Å². The Bertz CT molecular complexity index is 1150. The zero-order valence-corrected chi connectivity index (χ0v) is 19.0. The molecule has 32 heavy (non-hydrogen) atoms. The Balaban J connectivity index is 1.53. The zero-order chi connectivity index (χ0) is 23.5. The number of guanidine groups is 2. The van der Waals surface area contributed by atoms with E-state index in [1.807, 2.05) is 13.8 Å². The van der Waals surface area contributed by atoms with Crippen LogP contribution < -0.4 is 25.8 Å². The summed E-state index contributed by atoms with van der Waals surface area (Å²) >= 11 is 6.37. The van der Waals surface area contributed by atoms with Crippen LogP contribution in [0, 0.1) is 0 Å². The number of hydrogen-bond donors (Lipinski definition) is 2. The van der Waals surface area contributed by atoms with E-state index in [9.17, 15) is 12.3 Å². The maximum Gasteiger partial charge on any atom is 0.332 e. The van der Waals surface area contributed by atoms with Crippen LogP contribution in [-0.2, 0) is 10.2 Å². The fourth-order valence-electron chi connectivity index (χ4n) is 3.13. The highest BCUT2D eigenvalue weighted by Crippen LogP contribution is 2.33. The smallest absolute Gasteiger partial charge is 0.332 e. The summed E-state index contributed by atoms with van der Waals surface area (Å²) in [4.78, 5) is 9.61. The van der Waals surface area contributed by atoms with Gasteiger partial charge in [0.15, 0.2) is 0 Å². The number of hydrogen-bond acceptors (Lipinski definition) is 9. The van der Waals surface area contributed by atoms with Gasteiger partial charge < -0.3 is 20.9 Å². The summed E-state index contributed by atoms with van der Waals surface area (Å²) in [6.07, 6.45) is 0.536. The van der Waals surface area contributed by atoms with Crippen molar-refractivity contribution in [1.29, 1.82) is 0 Å². The van der Waals surface area contributed by atoms with E-state index >= 15 is 0 Å². The molecule has 9 nitrogen and oxygen atoms in total. The first-order valence-electron chi connectivity index (χ1n) is 9.57. The SMILES string of the molecule is CC1(C)N=C(N)N=C(N)N1c1ccc(OCCCOc2ccc(S(=O)(=O)F)cc2)c(Cl)c1. The highest BCUT2D eigenvalue weighted by Gasteiger charge is 2.33. The first-order valence-corrected chi connectivity index (χ1v) is 11.3. The van der Waals surface area contributed by atoms with Crippen LogP contribution in [0.15, 0.2) is 57.3 Å². The standard InChI is InChI=1S/C20H23ClFN5O4S/c1-20(2)26-18(23)25-19(24)27(20)13-4-9-17(16(21)12-13)31-11-3-10-30-14-5-7-15(8-6-14)32(22,28)29/h4-9,12H,3,10-11H2,1-2H3,(H4,23,24,25,26). The van der Waals surface area contributed by atoms with Crippen LogP contribution in [0.1, 0.15) is 20.3 Å². The molecule has 0 amide bonds. The molecular formula is C20H23ClFN5O4S. The van der Waals surface area contributed by atoms with Crippen molar-refractivity contribution in [3.63, 3.8) is 0 Å². The van der Waals surface area contributed by atoms with Gasteiger partial charge in [0.2, 0.25) is 11.9 Å². The molecule has 1 heterocycles. The number of aliphatic imine (C=N–C) groups is 2. The Labute approximate surface area is 190 Å². The lowest BCUT2D eigenvalue weighted by molar-refractivity contribution is 0.247. The molecule has 12 heteroatoms. The van der Waals surface area contributed by atoms with Crippen LogP contribution in [-0.4, -0.2) is 39.2 Å². The van der Waals surface area contributed by atoms with Crippen molar-refractivity contribution in [1.82, 2.24) is 0 Å². The van der Waals surface area contributed by atoms with Crippen LogP contribution in [0.2, 0.25) is 5.02 Å². The molecule has 3 rings (SSSR count). The summed E-state index contributed by atoms with van der Waals surface area (Å²) in [5, 5.41) is 0.387. The van der Waals surface area contributed by atoms with Gasteiger partial charge in [0, 0.05) is 12.1 Å². The molecule has 1 aliphatic heterocycles. The van der Waals surface area contributed by atoms with E-state index in [0.717, 1.165) is 12.1 Å². The largest absolute Gasteiger partial charge is 0.493 e. The number of rotatable bonds is 8. The molecule has 172 valence electrons. The predicted molar refractivity (Wildman–Crippen MR) is 122 cm³/mol. The molecule has 0 aliphatic carbocycles. The number of ether oxygens (including phenoxy) is 2. The van der Waals surface area contributed by atoms with Gasteiger partial charge in [-0.3, -0.25) is 4.90 Å². The van der Waals surface area contributed by atoms with E-state index in [1.54, 1.807) is 23.1 Å². The quantitative estimate of drug-likeness (QED) is 0.435. The number of nitrogens with two attached hydrogens (primary N) is 2. The third-order valence-electron chi connectivity index (χ3n) is 4.49. The third kappa shape index (κ3) is 5.60. The molecule has 0 bridgehead atoms. The molecule has 4 N–H and O–H groups in total. The zero-order valence-electron chi connectivity index (χ0n) is 17.5. The summed E-state index contributed by atoms with van der Waals surface area (Å²) < 4.78 is 45.7. The van der Waals surface area contributed by atoms with Crippen molar-refractivity contribution in [2.75, 3.05) is 18.1 Å². The lowest BCUT2D eigenvalue weighted by Crippen LogP contribution is -2.54. The molecule has 0 spiro atoms. The fourth-order valence-corrected chi connectivity index (χ4v) is 3.82. The monoisotopic (exact) mass is 483 g/mol. The van der Waals surface area contributed by atoms with Crippen molar-refractivity contribution >= 4 is 39.4 Å². The average molecular weight is 484 g/mol. The summed E-state index contributed by atoms with van der Waals surface area (Å²) in [7, 11) is -4.72. The number of anilines is 1. The summed E-state index contributed by atoms with van der Waals surface area (Å²) in [5.74, 6) is 1.23. The van der Waals surface area contributed by atoms with Crippen LogP contribution in [0.4, 0.5) is 9.57 Å². The number of halogens is 2. The Kier molecular flexibility index (Phi) is 6.79. The van der Waals surface area contributed by atoms with Crippen molar-refractivity contribution < 1.29 is 21.8 Å². The molecule has 2 aromatic rings. The minimum Gasteiger partial charge on any atom is -0.493 e. The molecule has 2 aromatic carbocycles. The molecule has 0 radical (unpaired) electrons. The van der Waals surface area contributed by atoms with Gasteiger partial charge in [-0.1, -0.05) is 11.6 Å². The maximum absolute atomic E-state index is 12.9. The first kappa shape index (κ1) is 23.6. The second-order valence-corrected chi connectivity index (χ2v) is 9.10. The van der Waals surface area contributed by atoms with Crippen molar-refractivity contribution in [2.24, 2.45) is 21.5 Å². The second-order valence-electron chi connectivity index (χ2n) is 7.34. The van der Waals surface area contributed by atoms with E-state index in [2.05, 4.69) is 9.98 Å². The van der Waals surface area contributed by atoms with Gasteiger partial charge in [0.1, 0.15) is 17.2 Å². The van der Waals surface area contributed by atoms with Gasteiger partial charge in [-0.15, -0.1) is 3.89 Å². The molecule has 0 saturated carbocycles.